The fourth-order valence-electron chi connectivity index (χ4n) is 1.92. The number of likely N-dealkylation sites (N-methyl/N-ethyl adjacent to an activating group) is 1. The Kier molecular flexibility index (Phi) is 5.71. The van der Waals surface area contributed by atoms with E-state index in [0.29, 0.717) is 6.61 Å². The minimum atomic E-state index is -1.19. The number of carbonyl (C=O) groups excluding carboxylic acids is 2. The van der Waals surface area contributed by atoms with Crippen molar-refractivity contribution >= 4 is 17.8 Å². The van der Waals surface area contributed by atoms with Gasteiger partial charge in [-0.05, 0) is 13.5 Å². The molecule has 0 aliphatic carbocycles. The van der Waals surface area contributed by atoms with E-state index in [-0.39, 0.29) is 25.5 Å². The number of nitrogens with one attached hydrogen (secondary N) is 2. The molecule has 1 fully saturated rings. The Morgan fingerprint density at radius 1 is 1.42 bits per heavy atom. The summed E-state index contributed by atoms with van der Waals surface area (Å²) in [6.45, 7) is 0.660. The van der Waals surface area contributed by atoms with Crippen LogP contribution in [0.4, 0.5) is 0 Å². The molecule has 108 valence electrons. The van der Waals surface area contributed by atoms with Crippen LogP contribution < -0.4 is 16.4 Å². The normalized spacial score (nSPS) is 23.8. The summed E-state index contributed by atoms with van der Waals surface area (Å²) in [7, 11) is 1.71. The first-order valence-corrected chi connectivity index (χ1v) is 6.02. The highest BCUT2D eigenvalue weighted by Gasteiger charge is 2.34. The second-order valence-electron chi connectivity index (χ2n) is 4.44. The van der Waals surface area contributed by atoms with Crippen molar-refractivity contribution in [3.8, 4) is 0 Å². The van der Waals surface area contributed by atoms with Crippen LogP contribution in [0.2, 0.25) is 0 Å². The van der Waals surface area contributed by atoms with Gasteiger partial charge in [-0.15, -0.1) is 0 Å². The second kappa shape index (κ2) is 7.05. The predicted octanol–water partition coefficient (Wildman–Crippen LogP) is -1.94. The molecule has 1 heterocycles. The Morgan fingerprint density at radius 3 is 2.63 bits per heavy atom. The van der Waals surface area contributed by atoms with E-state index in [0.717, 1.165) is 0 Å². The molecule has 3 atom stereocenters. The zero-order valence-electron chi connectivity index (χ0n) is 10.7. The highest BCUT2D eigenvalue weighted by atomic mass is 16.5. The summed E-state index contributed by atoms with van der Waals surface area (Å²) in [4.78, 5) is 33.6. The van der Waals surface area contributed by atoms with Crippen LogP contribution in [0.15, 0.2) is 0 Å². The van der Waals surface area contributed by atoms with Gasteiger partial charge in [-0.1, -0.05) is 0 Å². The third-order valence-corrected chi connectivity index (χ3v) is 3.08. The fraction of sp³-hybridized carbons (Fsp3) is 0.727. The number of carboxylic acids is 1. The highest BCUT2D eigenvalue weighted by Crippen LogP contribution is 2.14. The molecule has 0 radical (unpaired) electrons. The number of carboxylic acid groups (broad SMARTS) is 1. The molecule has 1 aliphatic heterocycles. The number of hydrogen-bond acceptors (Lipinski definition) is 5. The van der Waals surface area contributed by atoms with Crippen molar-refractivity contribution in [3.05, 3.63) is 0 Å². The van der Waals surface area contributed by atoms with Crippen molar-refractivity contribution in [1.82, 2.24) is 10.6 Å². The molecule has 2 amide bonds. The van der Waals surface area contributed by atoms with Crippen molar-refractivity contribution in [2.45, 2.75) is 24.9 Å². The first-order valence-electron chi connectivity index (χ1n) is 6.02. The molecule has 2 unspecified atom stereocenters. The van der Waals surface area contributed by atoms with E-state index < -0.39 is 29.7 Å². The first kappa shape index (κ1) is 15.4. The average Bonchev–Trinajstić information content (AvgIpc) is 2.81. The quantitative estimate of drug-likeness (QED) is 0.426. The smallest absolute Gasteiger partial charge is 0.326 e. The molecule has 0 spiro atoms. The van der Waals surface area contributed by atoms with Crippen molar-refractivity contribution in [2.24, 2.45) is 11.7 Å². The van der Waals surface area contributed by atoms with Gasteiger partial charge in [-0.2, -0.15) is 0 Å². The molecular formula is C11H19N3O5. The van der Waals surface area contributed by atoms with Crippen LogP contribution in [0.25, 0.3) is 0 Å². The maximum atomic E-state index is 12.0. The third kappa shape index (κ3) is 4.49. The molecule has 0 aromatic heterocycles. The summed E-state index contributed by atoms with van der Waals surface area (Å²) in [6.07, 6.45) is -0.109. The number of carbonyl (C=O) groups is 3. The van der Waals surface area contributed by atoms with E-state index in [4.69, 9.17) is 15.6 Å². The van der Waals surface area contributed by atoms with Crippen LogP contribution in [0.1, 0.15) is 12.8 Å². The van der Waals surface area contributed by atoms with Crippen molar-refractivity contribution < 1.29 is 24.2 Å². The number of rotatable bonds is 7. The molecule has 8 heteroatoms. The molecule has 8 nitrogen and oxygen atoms in total. The van der Waals surface area contributed by atoms with Crippen LogP contribution in [0.3, 0.4) is 0 Å². The molecule has 0 bridgehead atoms. The molecule has 1 rings (SSSR count). The van der Waals surface area contributed by atoms with Gasteiger partial charge in [0.2, 0.25) is 11.8 Å². The standard InChI is InChI=1S/C11H19N3O5/c1-13-8-5-19-4-6(8)10(16)14-7(11(17)18)2-3-9(12)15/h6-8,13H,2-5H2,1H3,(H2,12,15)(H,14,16)(H,17,18)/t6?,7-,8?/m0/s1. The van der Waals surface area contributed by atoms with Gasteiger partial charge in [0.1, 0.15) is 6.04 Å². The van der Waals surface area contributed by atoms with Crippen LogP contribution in [-0.4, -0.2) is 55.2 Å². The monoisotopic (exact) mass is 273 g/mol. The van der Waals surface area contributed by atoms with Gasteiger partial charge in [0.05, 0.1) is 19.1 Å². The number of nitrogens with two attached hydrogens (primary N) is 1. The van der Waals surface area contributed by atoms with Crippen molar-refractivity contribution in [3.63, 3.8) is 0 Å². The lowest BCUT2D eigenvalue weighted by Crippen LogP contribution is -2.48. The average molecular weight is 273 g/mol. The lowest BCUT2D eigenvalue weighted by atomic mass is 10.0. The van der Waals surface area contributed by atoms with E-state index in [1.54, 1.807) is 7.05 Å². The Labute approximate surface area is 110 Å². The van der Waals surface area contributed by atoms with Crippen molar-refractivity contribution in [2.75, 3.05) is 20.3 Å². The van der Waals surface area contributed by atoms with E-state index >= 15 is 0 Å². The maximum absolute atomic E-state index is 12.0. The Bertz CT molecular complexity index is 360. The molecule has 1 saturated heterocycles. The topological polar surface area (TPSA) is 131 Å². The van der Waals surface area contributed by atoms with Crippen LogP contribution in [0.5, 0.6) is 0 Å². The first-order chi connectivity index (χ1) is 8.95. The summed E-state index contributed by atoms with van der Waals surface area (Å²) in [5, 5.41) is 14.3. The zero-order chi connectivity index (χ0) is 14.4. The van der Waals surface area contributed by atoms with Gasteiger partial charge in [-0.25, -0.2) is 4.79 Å². The van der Waals surface area contributed by atoms with Crippen molar-refractivity contribution in [1.29, 1.82) is 0 Å². The van der Waals surface area contributed by atoms with E-state index in [2.05, 4.69) is 10.6 Å². The number of amides is 2. The van der Waals surface area contributed by atoms with E-state index in [9.17, 15) is 14.4 Å². The van der Waals surface area contributed by atoms with Crippen LogP contribution in [-0.2, 0) is 19.1 Å². The number of primary amides is 1. The number of hydrogen-bond donors (Lipinski definition) is 4. The van der Waals surface area contributed by atoms with Crippen LogP contribution in [0, 0.1) is 5.92 Å². The SMILES string of the molecule is CNC1COCC1C(=O)N[C@@H](CCC(N)=O)C(=O)O. The van der Waals surface area contributed by atoms with Crippen LogP contribution >= 0.6 is 0 Å². The fourth-order valence-corrected chi connectivity index (χ4v) is 1.92. The van der Waals surface area contributed by atoms with E-state index in [1.165, 1.54) is 0 Å². The molecule has 0 aromatic carbocycles. The number of ether oxygens (including phenoxy) is 1. The maximum Gasteiger partial charge on any atom is 0.326 e. The summed E-state index contributed by atoms with van der Waals surface area (Å²) in [6, 6.07) is -1.25. The molecule has 0 saturated carbocycles. The summed E-state index contributed by atoms with van der Waals surface area (Å²) in [5.74, 6) is -2.61. The van der Waals surface area contributed by atoms with E-state index in [1.807, 2.05) is 0 Å². The zero-order valence-corrected chi connectivity index (χ0v) is 10.7. The molecular weight excluding hydrogens is 254 g/mol. The molecule has 1 aliphatic rings. The third-order valence-electron chi connectivity index (χ3n) is 3.08. The van der Waals surface area contributed by atoms with Gasteiger partial charge in [-0.3, -0.25) is 9.59 Å². The highest BCUT2D eigenvalue weighted by molar-refractivity contribution is 5.86. The van der Waals surface area contributed by atoms with Gasteiger partial charge in [0.25, 0.3) is 0 Å². The predicted molar refractivity (Wildman–Crippen MR) is 65.2 cm³/mol. The minimum Gasteiger partial charge on any atom is -0.480 e. The number of aliphatic carboxylic acids is 1. The lowest BCUT2D eigenvalue weighted by molar-refractivity contribution is -0.142. The summed E-state index contributed by atoms with van der Waals surface area (Å²) < 4.78 is 5.18. The minimum absolute atomic E-state index is 0.0196. The van der Waals surface area contributed by atoms with Gasteiger partial charge < -0.3 is 26.2 Å². The summed E-state index contributed by atoms with van der Waals surface area (Å²) in [5.41, 5.74) is 4.96. The Hall–Kier alpha value is -1.67. The lowest BCUT2D eigenvalue weighted by Gasteiger charge is -2.19. The largest absolute Gasteiger partial charge is 0.480 e. The summed E-state index contributed by atoms with van der Waals surface area (Å²) >= 11 is 0. The molecule has 0 aromatic rings. The second-order valence-corrected chi connectivity index (χ2v) is 4.44. The molecule has 19 heavy (non-hydrogen) atoms. The van der Waals surface area contributed by atoms with Gasteiger partial charge in [0.15, 0.2) is 0 Å². The van der Waals surface area contributed by atoms with Gasteiger partial charge in [0, 0.05) is 12.5 Å². The Balaban J connectivity index is 2.55. The molecule has 5 N–H and O–H groups in total. The van der Waals surface area contributed by atoms with Gasteiger partial charge >= 0.3 is 5.97 Å². The Morgan fingerprint density at radius 2 is 2.11 bits per heavy atom.